The van der Waals surface area contributed by atoms with Crippen molar-refractivity contribution in [3.8, 4) is 0 Å². The van der Waals surface area contributed by atoms with Crippen LogP contribution in [0.4, 0.5) is 0 Å². The zero-order valence-electron chi connectivity index (χ0n) is 16.9. The number of pyridine rings is 1. The third-order valence-corrected chi connectivity index (χ3v) is 7.02. The number of carbonyl (C=O) groups excluding carboxylic acids is 1. The van der Waals surface area contributed by atoms with Gasteiger partial charge in [0, 0.05) is 41.8 Å². The zero-order valence-corrected chi connectivity index (χ0v) is 17.7. The van der Waals surface area contributed by atoms with Crippen molar-refractivity contribution in [2.24, 2.45) is 0 Å². The molecule has 1 aromatic carbocycles. The van der Waals surface area contributed by atoms with Gasteiger partial charge in [-0.2, -0.15) is 5.10 Å². The number of amides is 1. The number of nitrogens with zero attached hydrogens (tertiary/aromatic N) is 3. The van der Waals surface area contributed by atoms with Gasteiger partial charge in [0.15, 0.2) is 5.69 Å². The molecular weight excluding hydrogens is 418 g/mol. The van der Waals surface area contributed by atoms with E-state index in [1.165, 1.54) is 0 Å². The molecule has 10 heteroatoms. The molecule has 162 valence electrons. The number of para-hydroxylation sites is 1. The Morgan fingerprint density at radius 2 is 2.06 bits per heavy atom. The summed E-state index contributed by atoms with van der Waals surface area (Å²) < 4.78 is 35.7. The number of sulfonamides is 1. The van der Waals surface area contributed by atoms with Crippen molar-refractivity contribution >= 4 is 26.8 Å². The number of fused-ring (bicyclic) bond motifs is 2. The molecule has 0 atom stereocenters. The van der Waals surface area contributed by atoms with E-state index < -0.39 is 10.0 Å². The molecule has 1 fully saturated rings. The first kappa shape index (κ1) is 20.1. The van der Waals surface area contributed by atoms with Gasteiger partial charge in [0.2, 0.25) is 10.0 Å². The smallest absolute Gasteiger partial charge is 0.272 e. The SMILES string of the molecule is O=C(NC1CC1)c1nn(CCNS(=O)(=O)c2cccc3cccnc23)c2c1COCC2. The molecule has 2 aromatic heterocycles. The number of benzene rings is 1. The fourth-order valence-electron chi connectivity index (χ4n) is 3.81. The molecule has 1 aliphatic carbocycles. The molecule has 3 heterocycles. The lowest BCUT2D eigenvalue weighted by atomic mass is 10.1. The number of hydrogen-bond donors (Lipinski definition) is 2. The highest BCUT2D eigenvalue weighted by Gasteiger charge is 2.29. The Labute approximate surface area is 179 Å². The average molecular weight is 442 g/mol. The van der Waals surface area contributed by atoms with Crippen LogP contribution >= 0.6 is 0 Å². The van der Waals surface area contributed by atoms with Crippen LogP contribution < -0.4 is 10.0 Å². The summed E-state index contributed by atoms with van der Waals surface area (Å²) in [6, 6.07) is 8.91. The topological polar surface area (TPSA) is 115 Å². The lowest BCUT2D eigenvalue weighted by Gasteiger charge is -2.15. The molecule has 0 radical (unpaired) electrons. The molecule has 2 aliphatic rings. The highest BCUT2D eigenvalue weighted by Crippen LogP contribution is 2.24. The maximum atomic E-state index is 12.9. The van der Waals surface area contributed by atoms with Crippen LogP contribution in [0.15, 0.2) is 41.4 Å². The number of nitrogens with one attached hydrogen (secondary N) is 2. The molecule has 1 aliphatic heterocycles. The summed E-state index contributed by atoms with van der Waals surface area (Å²) in [4.78, 5) is 16.9. The van der Waals surface area contributed by atoms with Crippen LogP contribution in [-0.2, 0) is 34.3 Å². The summed E-state index contributed by atoms with van der Waals surface area (Å²) in [5.74, 6) is -0.189. The summed E-state index contributed by atoms with van der Waals surface area (Å²) >= 11 is 0. The molecule has 1 amide bonds. The van der Waals surface area contributed by atoms with Gasteiger partial charge >= 0.3 is 0 Å². The standard InChI is InChI=1S/C21H23N5O4S/c27-21(24-15-6-7-15)20-16-13-30-12-8-17(16)26(25-20)11-10-23-31(28,29)18-5-1-3-14-4-2-9-22-19(14)18/h1-5,9,15,23H,6-8,10-13H2,(H,24,27). The van der Waals surface area contributed by atoms with Gasteiger partial charge in [-0.3, -0.25) is 14.5 Å². The Balaban J connectivity index is 1.34. The summed E-state index contributed by atoms with van der Waals surface area (Å²) in [5, 5.41) is 8.22. The third kappa shape index (κ3) is 4.06. The van der Waals surface area contributed by atoms with Crippen molar-refractivity contribution in [1.29, 1.82) is 0 Å². The predicted molar refractivity (Wildman–Crippen MR) is 113 cm³/mol. The minimum atomic E-state index is -3.75. The van der Waals surface area contributed by atoms with E-state index in [9.17, 15) is 13.2 Å². The van der Waals surface area contributed by atoms with Crippen molar-refractivity contribution in [2.45, 2.75) is 43.4 Å². The Kier molecular flexibility index (Phi) is 5.20. The molecule has 1 saturated carbocycles. The summed E-state index contributed by atoms with van der Waals surface area (Å²) in [7, 11) is -3.75. The molecule has 9 nitrogen and oxygen atoms in total. The van der Waals surface area contributed by atoms with E-state index in [-0.39, 0.29) is 23.4 Å². The van der Waals surface area contributed by atoms with Crippen LogP contribution in [0.3, 0.4) is 0 Å². The van der Waals surface area contributed by atoms with E-state index in [1.54, 1.807) is 29.1 Å². The van der Waals surface area contributed by atoms with Crippen LogP contribution in [0.25, 0.3) is 10.9 Å². The molecular formula is C21H23N5O4S. The van der Waals surface area contributed by atoms with Crippen LogP contribution in [0.5, 0.6) is 0 Å². The predicted octanol–water partition coefficient (Wildman–Crippen LogP) is 1.37. The second-order valence-electron chi connectivity index (χ2n) is 7.78. The first-order valence-electron chi connectivity index (χ1n) is 10.3. The molecule has 31 heavy (non-hydrogen) atoms. The minimum Gasteiger partial charge on any atom is -0.376 e. The van der Waals surface area contributed by atoms with Crippen LogP contribution in [0.2, 0.25) is 0 Å². The maximum absolute atomic E-state index is 12.9. The van der Waals surface area contributed by atoms with Crippen molar-refractivity contribution < 1.29 is 17.9 Å². The molecule has 0 spiro atoms. The molecule has 2 N–H and O–H groups in total. The number of hydrogen-bond acceptors (Lipinski definition) is 6. The van der Waals surface area contributed by atoms with Gasteiger partial charge in [0.1, 0.15) is 4.90 Å². The Bertz CT molecular complexity index is 1240. The number of rotatable bonds is 7. The van der Waals surface area contributed by atoms with Crippen molar-refractivity contribution in [3.63, 3.8) is 0 Å². The average Bonchev–Trinajstić information content (AvgIpc) is 3.52. The van der Waals surface area contributed by atoms with E-state index in [0.717, 1.165) is 29.5 Å². The fraction of sp³-hybridized carbons (Fsp3) is 0.381. The van der Waals surface area contributed by atoms with E-state index in [1.807, 2.05) is 12.1 Å². The monoisotopic (exact) mass is 441 g/mol. The van der Waals surface area contributed by atoms with E-state index >= 15 is 0 Å². The second-order valence-corrected chi connectivity index (χ2v) is 9.51. The molecule has 0 unspecified atom stereocenters. The summed E-state index contributed by atoms with van der Waals surface area (Å²) in [5.41, 5.74) is 2.54. The molecule has 0 bridgehead atoms. The van der Waals surface area contributed by atoms with Crippen molar-refractivity contribution in [3.05, 3.63) is 53.5 Å². The summed E-state index contributed by atoms with van der Waals surface area (Å²) in [6.45, 7) is 1.35. The van der Waals surface area contributed by atoms with Gasteiger partial charge in [-0.25, -0.2) is 13.1 Å². The van der Waals surface area contributed by atoms with Crippen LogP contribution in [0, 0.1) is 0 Å². The largest absolute Gasteiger partial charge is 0.376 e. The molecule has 0 saturated heterocycles. The number of aromatic nitrogens is 3. The van der Waals surface area contributed by atoms with E-state index in [0.29, 0.717) is 37.4 Å². The first-order chi connectivity index (χ1) is 15.0. The van der Waals surface area contributed by atoms with Crippen molar-refractivity contribution in [2.75, 3.05) is 13.2 Å². The normalized spacial score (nSPS) is 16.3. The fourth-order valence-corrected chi connectivity index (χ4v) is 5.01. The molecule has 3 aromatic rings. The van der Waals surface area contributed by atoms with Gasteiger partial charge in [-0.05, 0) is 25.0 Å². The lowest BCUT2D eigenvalue weighted by Crippen LogP contribution is -2.29. The van der Waals surface area contributed by atoms with Crippen LogP contribution in [-0.4, -0.2) is 48.3 Å². The van der Waals surface area contributed by atoms with E-state index in [4.69, 9.17) is 4.74 Å². The highest BCUT2D eigenvalue weighted by atomic mass is 32.2. The number of carbonyl (C=O) groups is 1. The quantitative estimate of drug-likeness (QED) is 0.572. The zero-order chi connectivity index (χ0) is 21.4. The first-order valence-corrected chi connectivity index (χ1v) is 11.8. The van der Waals surface area contributed by atoms with Gasteiger partial charge in [-0.1, -0.05) is 18.2 Å². The van der Waals surface area contributed by atoms with Gasteiger partial charge in [-0.15, -0.1) is 0 Å². The third-order valence-electron chi connectivity index (χ3n) is 5.52. The highest BCUT2D eigenvalue weighted by molar-refractivity contribution is 7.89. The van der Waals surface area contributed by atoms with Gasteiger partial charge < -0.3 is 10.1 Å². The van der Waals surface area contributed by atoms with Gasteiger partial charge in [0.05, 0.1) is 25.3 Å². The number of ether oxygens (including phenoxy) is 1. The lowest BCUT2D eigenvalue weighted by molar-refractivity contribution is 0.0922. The summed E-state index contributed by atoms with van der Waals surface area (Å²) in [6.07, 6.45) is 4.21. The minimum absolute atomic E-state index is 0.143. The Hall–Kier alpha value is -2.82. The van der Waals surface area contributed by atoms with Crippen molar-refractivity contribution in [1.82, 2.24) is 24.8 Å². The molecule has 5 rings (SSSR count). The Morgan fingerprint density at radius 1 is 1.23 bits per heavy atom. The maximum Gasteiger partial charge on any atom is 0.272 e. The van der Waals surface area contributed by atoms with Gasteiger partial charge in [0.25, 0.3) is 5.91 Å². The Morgan fingerprint density at radius 3 is 2.90 bits per heavy atom. The van der Waals surface area contributed by atoms with E-state index in [2.05, 4.69) is 20.1 Å². The van der Waals surface area contributed by atoms with Crippen LogP contribution in [0.1, 0.15) is 34.6 Å². The second kappa shape index (κ2) is 8.03.